The van der Waals surface area contributed by atoms with Crippen molar-refractivity contribution in [3.63, 3.8) is 0 Å². The number of H-pyrrole nitrogens is 1. The Morgan fingerprint density at radius 2 is 2.19 bits per heavy atom. The van der Waals surface area contributed by atoms with Gasteiger partial charge in [0.05, 0.1) is 19.2 Å². The summed E-state index contributed by atoms with van der Waals surface area (Å²) < 4.78 is 5.18. The van der Waals surface area contributed by atoms with Gasteiger partial charge in [0, 0.05) is 17.8 Å². The predicted molar refractivity (Wildman–Crippen MR) is 81.5 cm³/mol. The van der Waals surface area contributed by atoms with Crippen LogP contribution < -0.4 is 10.1 Å². The van der Waals surface area contributed by atoms with Gasteiger partial charge in [0.2, 0.25) is 5.91 Å². The van der Waals surface area contributed by atoms with E-state index in [-0.39, 0.29) is 5.91 Å². The van der Waals surface area contributed by atoms with Gasteiger partial charge in [0.25, 0.3) is 0 Å². The number of carbonyl (C=O) groups excluding carboxylic acids is 1. The van der Waals surface area contributed by atoms with Gasteiger partial charge >= 0.3 is 0 Å². The number of carbonyl (C=O) groups is 1. The van der Waals surface area contributed by atoms with Crippen molar-refractivity contribution in [1.82, 2.24) is 15.5 Å². The van der Waals surface area contributed by atoms with Gasteiger partial charge in [0.1, 0.15) is 5.75 Å². The molecule has 1 amide bonds. The highest BCUT2D eigenvalue weighted by atomic mass is 16.5. The Morgan fingerprint density at radius 1 is 1.38 bits per heavy atom. The number of aromatic amines is 1. The molecule has 112 valence electrons. The molecule has 0 fully saturated rings. The summed E-state index contributed by atoms with van der Waals surface area (Å²) in [4.78, 5) is 12.0. The van der Waals surface area contributed by atoms with E-state index in [1.54, 1.807) is 7.11 Å². The fraction of sp³-hybridized carbons (Fsp3) is 0.375. The molecule has 0 spiro atoms. The molecule has 1 aromatic heterocycles. The highest BCUT2D eigenvalue weighted by molar-refractivity contribution is 5.79. The number of rotatable bonds is 6. The van der Waals surface area contributed by atoms with Crippen molar-refractivity contribution in [2.45, 2.75) is 26.7 Å². The van der Waals surface area contributed by atoms with Gasteiger partial charge in [-0.3, -0.25) is 9.89 Å². The fourth-order valence-corrected chi connectivity index (χ4v) is 2.23. The molecule has 0 radical (unpaired) electrons. The van der Waals surface area contributed by atoms with E-state index in [1.807, 2.05) is 38.1 Å². The van der Waals surface area contributed by atoms with Crippen LogP contribution in [0, 0.1) is 13.8 Å². The van der Waals surface area contributed by atoms with E-state index in [0.717, 1.165) is 34.7 Å². The Balaban J connectivity index is 1.82. The SMILES string of the molecule is COc1cccc(CCNC(=O)Cc2c(C)n[nH]c2C)c1. The molecule has 1 heterocycles. The third-order valence-corrected chi connectivity index (χ3v) is 3.49. The van der Waals surface area contributed by atoms with Gasteiger partial charge in [0.15, 0.2) is 0 Å². The number of ether oxygens (including phenoxy) is 1. The fourth-order valence-electron chi connectivity index (χ4n) is 2.23. The highest BCUT2D eigenvalue weighted by Crippen LogP contribution is 2.13. The van der Waals surface area contributed by atoms with Crippen LogP contribution in [0.4, 0.5) is 0 Å². The average Bonchev–Trinajstić information content (AvgIpc) is 2.79. The number of benzene rings is 1. The topological polar surface area (TPSA) is 67.0 Å². The normalized spacial score (nSPS) is 10.4. The van der Waals surface area contributed by atoms with E-state index in [9.17, 15) is 4.79 Å². The Kier molecular flexibility index (Phi) is 4.98. The smallest absolute Gasteiger partial charge is 0.224 e. The van der Waals surface area contributed by atoms with Gasteiger partial charge in [-0.1, -0.05) is 12.1 Å². The number of amides is 1. The van der Waals surface area contributed by atoms with Gasteiger partial charge in [-0.2, -0.15) is 5.10 Å². The molecule has 2 N–H and O–H groups in total. The molecule has 0 bridgehead atoms. The van der Waals surface area contributed by atoms with Crippen LogP contribution in [0.3, 0.4) is 0 Å². The van der Waals surface area contributed by atoms with Crippen LogP contribution in [-0.4, -0.2) is 29.8 Å². The lowest BCUT2D eigenvalue weighted by atomic mass is 10.1. The van der Waals surface area contributed by atoms with Gasteiger partial charge in [-0.15, -0.1) is 0 Å². The average molecular weight is 287 g/mol. The second-order valence-electron chi connectivity index (χ2n) is 5.04. The molecule has 0 saturated carbocycles. The number of hydrogen-bond acceptors (Lipinski definition) is 3. The summed E-state index contributed by atoms with van der Waals surface area (Å²) >= 11 is 0. The van der Waals surface area contributed by atoms with E-state index in [1.165, 1.54) is 0 Å². The van der Waals surface area contributed by atoms with Crippen LogP contribution >= 0.6 is 0 Å². The Labute approximate surface area is 124 Å². The van der Waals surface area contributed by atoms with Crippen LogP contribution in [0.5, 0.6) is 5.75 Å². The maximum atomic E-state index is 12.0. The zero-order valence-electron chi connectivity index (χ0n) is 12.7. The standard InChI is InChI=1S/C16H21N3O2/c1-11-15(12(2)19-18-11)10-16(20)17-8-7-13-5-4-6-14(9-13)21-3/h4-6,9H,7-8,10H2,1-3H3,(H,17,20)(H,18,19). The van der Waals surface area contributed by atoms with E-state index >= 15 is 0 Å². The number of hydrogen-bond donors (Lipinski definition) is 2. The molecule has 0 saturated heterocycles. The summed E-state index contributed by atoms with van der Waals surface area (Å²) in [5.74, 6) is 0.856. The van der Waals surface area contributed by atoms with Crippen LogP contribution in [0.1, 0.15) is 22.5 Å². The second kappa shape index (κ2) is 6.92. The predicted octanol–water partition coefficient (Wildman–Crippen LogP) is 1.94. The van der Waals surface area contributed by atoms with Crippen LogP contribution in [0.2, 0.25) is 0 Å². The van der Waals surface area contributed by atoms with Crippen molar-refractivity contribution in [3.05, 3.63) is 46.8 Å². The maximum absolute atomic E-state index is 12.0. The van der Waals surface area contributed by atoms with E-state index in [4.69, 9.17) is 4.74 Å². The molecular weight excluding hydrogens is 266 g/mol. The largest absolute Gasteiger partial charge is 0.497 e. The maximum Gasteiger partial charge on any atom is 0.224 e. The molecule has 2 rings (SSSR count). The number of nitrogens with one attached hydrogen (secondary N) is 2. The minimum Gasteiger partial charge on any atom is -0.497 e. The lowest BCUT2D eigenvalue weighted by Gasteiger charge is -2.07. The Bertz CT molecular complexity index is 600. The number of nitrogens with zero attached hydrogens (tertiary/aromatic N) is 1. The molecule has 0 atom stereocenters. The minimum absolute atomic E-state index is 0.0190. The van der Waals surface area contributed by atoms with Crippen LogP contribution in [0.25, 0.3) is 0 Å². The zero-order chi connectivity index (χ0) is 15.2. The van der Waals surface area contributed by atoms with Crippen molar-refractivity contribution in [2.24, 2.45) is 0 Å². The molecule has 0 aliphatic carbocycles. The molecule has 5 heteroatoms. The Hall–Kier alpha value is -2.30. The molecular formula is C16H21N3O2. The first-order chi connectivity index (χ1) is 10.1. The highest BCUT2D eigenvalue weighted by Gasteiger charge is 2.10. The van der Waals surface area contributed by atoms with E-state index in [2.05, 4.69) is 15.5 Å². The quantitative estimate of drug-likeness (QED) is 0.853. The Morgan fingerprint density at radius 3 is 2.86 bits per heavy atom. The van der Waals surface area contributed by atoms with E-state index < -0.39 is 0 Å². The molecule has 0 aliphatic rings. The first-order valence-corrected chi connectivity index (χ1v) is 7.00. The van der Waals surface area contributed by atoms with Crippen molar-refractivity contribution in [1.29, 1.82) is 0 Å². The lowest BCUT2D eigenvalue weighted by Crippen LogP contribution is -2.27. The third kappa shape index (κ3) is 4.08. The summed E-state index contributed by atoms with van der Waals surface area (Å²) in [6.45, 7) is 4.45. The van der Waals surface area contributed by atoms with Crippen molar-refractivity contribution < 1.29 is 9.53 Å². The third-order valence-electron chi connectivity index (χ3n) is 3.49. The first-order valence-electron chi connectivity index (χ1n) is 7.00. The molecule has 5 nitrogen and oxygen atoms in total. The summed E-state index contributed by atoms with van der Waals surface area (Å²) in [5.41, 5.74) is 3.96. The number of aryl methyl sites for hydroxylation is 2. The van der Waals surface area contributed by atoms with Gasteiger partial charge in [-0.05, 0) is 38.0 Å². The number of aromatic nitrogens is 2. The van der Waals surface area contributed by atoms with Crippen molar-refractivity contribution >= 4 is 5.91 Å². The lowest BCUT2D eigenvalue weighted by molar-refractivity contribution is -0.120. The molecule has 1 aromatic carbocycles. The molecule has 2 aromatic rings. The second-order valence-corrected chi connectivity index (χ2v) is 5.04. The van der Waals surface area contributed by atoms with Crippen LogP contribution in [-0.2, 0) is 17.6 Å². The minimum atomic E-state index is 0.0190. The van der Waals surface area contributed by atoms with Crippen LogP contribution in [0.15, 0.2) is 24.3 Å². The molecule has 0 aliphatic heterocycles. The zero-order valence-corrected chi connectivity index (χ0v) is 12.7. The first kappa shape index (κ1) is 15.1. The van der Waals surface area contributed by atoms with Gasteiger partial charge < -0.3 is 10.1 Å². The summed E-state index contributed by atoms with van der Waals surface area (Å²) in [7, 11) is 1.65. The summed E-state index contributed by atoms with van der Waals surface area (Å²) in [5, 5.41) is 9.93. The number of methoxy groups -OCH3 is 1. The molecule has 21 heavy (non-hydrogen) atoms. The van der Waals surface area contributed by atoms with Crippen molar-refractivity contribution in [2.75, 3.05) is 13.7 Å². The summed E-state index contributed by atoms with van der Waals surface area (Å²) in [6.07, 6.45) is 1.15. The van der Waals surface area contributed by atoms with Crippen molar-refractivity contribution in [3.8, 4) is 5.75 Å². The van der Waals surface area contributed by atoms with E-state index in [0.29, 0.717) is 13.0 Å². The summed E-state index contributed by atoms with van der Waals surface area (Å²) in [6, 6.07) is 7.87. The molecule has 0 unspecified atom stereocenters. The monoisotopic (exact) mass is 287 g/mol. The van der Waals surface area contributed by atoms with Gasteiger partial charge in [-0.25, -0.2) is 0 Å².